The van der Waals surface area contributed by atoms with Crippen LogP contribution in [0.15, 0.2) is 4.52 Å². The van der Waals surface area contributed by atoms with Crippen LogP contribution in [0, 0.1) is 6.92 Å². The zero-order valence-corrected chi connectivity index (χ0v) is 4.96. The van der Waals surface area contributed by atoms with Crippen LogP contribution in [-0.2, 0) is 0 Å². The predicted octanol–water partition coefficient (Wildman–Crippen LogP) is -0.851. The van der Waals surface area contributed by atoms with E-state index in [1.165, 1.54) is 0 Å². The third-order valence-electron chi connectivity index (χ3n) is 1.07. The lowest BCUT2D eigenvalue weighted by molar-refractivity contribution is -0.825. The average molecular weight is 130 g/mol. The minimum Gasteiger partial charge on any atom is -0.362 e. The molecule has 50 valence electrons. The van der Waals surface area contributed by atoms with Crippen molar-refractivity contribution in [1.82, 2.24) is 5.16 Å². The first kappa shape index (κ1) is 6.06. The zero-order chi connectivity index (χ0) is 6.85. The van der Waals surface area contributed by atoms with Crippen molar-refractivity contribution < 1.29 is 15.2 Å². The van der Waals surface area contributed by atoms with E-state index in [1.807, 2.05) is 0 Å². The summed E-state index contributed by atoms with van der Waals surface area (Å²) in [5.41, 5.74) is 7.15. The molecule has 0 fully saturated rings. The number of hydrogen-bond acceptors (Lipinski definition) is 4. The SMILES string of the molecule is Cc1noc(N)c1[NH2+]O. The number of nitrogen functional groups attached to an aromatic ring is 1. The quantitative estimate of drug-likeness (QED) is 0.432. The lowest BCUT2D eigenvalue weighted by Crippen LogP contribution is -2.74. The van der Waals surface area contributed by atoms with Crippen molar-refractivity contribution in [3.63, 3.8) is 0 Å². The number of aromatic nitrogens is 1. The van der Waals surface area contributed by atoms with Crippen LogP contribution >= 0.6 is 0 Å². The van der Waals surface area contributed by atoms with Crippen molar-refractivity contribution in [1.29, 1.82) is 0 Å². The molecule has 9 heavy (non-hydrogen) atoms. The zero-order valence-electron chi connectivity index (χ0n) is 4.96. The Balaban J connectivity index is 3.07. The van der Waals surface area contributed by atoms with Crippen LogP contribution < -0.4 is 11.2 Å². The molecule has 0 amide bonds. The molecule has 1 heterocycles. The second-order valence-corrected chi connectivity index (χ2v) is 1.68. The van der Waals surface area contributed by atoms with Crippen molar-refractivity contribution in [2.75, 3.05) is 5.73 Å². The summed E-state index contributed by atoms with van der Waals surface area (Å²) in [6.45, 7) is 1.70. The van der Waals surface area contributed by atoms with Crippen molar-refractivity contribution in [3.8, 4) is 0 Å². The van der Waals surface area contributed by atoms with Crippen molar-refractivity contribution in [3.05, 3.63) is 5.69 Å². The molecule has 5 N–H and O–H groups in total. The second-order valence-electron chi connectivity index (χ2n) is 1.68. The molecule has 1 aromatic rings. The number of nitrogens with zero attached hydrogens (tertiary/aromatic N) is 1. The van der Waals surface area contributed by atoms with Gasteiger partial charge in [-0.25, -0.2) is 5.21 Å². The first-order chi connectivity index (χ1) is 4.25. The van der Waals surface area contributed by atoms with E-state index in [1.54, 1.807) is 6.92 Å². The monoisotopic (exact) mass is 130 g/mol. The van der Waals surface area contributed by atoms with E-state index >= 15 is 0 Å². The summed E-state index contributed by atoms with van der Waals surface area (Å²) < 4.78 is 4.52. The van der Waals surface area contributed by atoms with Gasteiger partial charge in [0.2, 0.25) is 5.69 Å². The summed E-state index contributed by atoms with van der Waals surface area (Å²) >= 11 is 0. The standard InChI is InChI=1S/C4H7N3O2/c1-2-3(6-8)4(5)9-7-2/h6,8H,5H2,1H3/p+1. The first-order valence-electron chi connectivity index (χ1n) is 2.45. The Morgan fingerprint density at radius 2 is 2.44 bits per heavy atom. The fourth-order valence-corrected chi connectivity index (χ4v) is 0.551. The van der Waals surface area contributed by atoms with Crippen molar-refractivity contribution >= 4 is 11.6 Å². The lowest BCUT2D eigenvalue weighted by Gasteiger charge is -1.84. The molecule has 5 nitrogen and oxygen atoms in total. The molecule has 0 radical (unpaired) electrons. The smallest absolute Gasteiger partial charge is 0.286 e. The number of hydrogen-bond donors (Lipinski definition) is 3. The van der Waals surface area contributed by atoms with E-state index in [4.69, 9.17) is 10.9 Å². The molecule has 1 rings (SSSR count). The van der Waals surface area contributed by atoms with Gasteiger partial charge in [0.1, 0.15) is 5.69 Å². The fraction of sp³-hybridized carbons (Fsp3) is 0.250. The van der Waals surface area contributed by atoms with Gasteiger partial charge in [-0.1, -0.05) is 5.16 Å². The molecule has 0 atom stereocenters. The van der Waals surface area contributed by atoms with E-state index in [-0.39, 0.29) is 5.88 Å². The molecule has 0 saturated heterocycles. The summed E-state index contributed by atoms with van der Waals surface area (Å²) in [7, 11) is 0. The van der Waals surface area contributed by atoms with Crippen LogP contribution in [0.5, 0.6) is 0 Å². The van der Waals surface area contributed by atoms with Gasteiger partial charge in [0.15, 0.2) is 0 Å². The molecule has 1 aromatic heterocycles. The van der Waals surface area contributed by atoms with Gasteiger partial charge in [0.05, 0.1) is 0 Å². The van der Waals surface area contributed by atoms with Gasteiger partial charge >= 0.3 is 0 Å². The largest absolute Gasteiger partial charge is 0.362 e. The maximum atomic E-state index is 8.48. The van der Waals surface area contributed by atoms with Crippen LogP contribution in [0.4, 0.5) is 11.6 Å². The third-order valence-corrected chi connectivity index (χ3v) is 1.07. The maximum Gasteiger partial charge on any atom is 0.286 e. The minimum atomic E-state index is 0.148. The average Bonchev–Trinajstić information content (AvgIpc) is 2.12. The lowest BCUT2D eigenvalue weighted by atomic mass is 10.4. The highest BCUT2D eigenvalue weighted by molar-refractivity contribution is 5.50. The Labute approximate surface area is 51.4 Å². The molecule has 0 spiro atoms. The third kappa shape index (κ3) is 0.868. The molecule has 0 unspecified atom stereocenters. The summed E-state index contributed by atoms with van der Waals surface area (Å²) in [6, 6.07) is 0. The van der Waals surface area contributed by atoms with Gasteiger partial charge in [-0.05, 0) is 6.92 Å². The van der Waals surface area contributed by atoms with Crippen LogP contribution in [0.3, 0.4) is 0 Å². The maximum absolute atomic E-state index is 8.48. The highest BCUT2D eigenvalue weighted by Crippen LogP contribution is 2.14. The highest BCUT2D eigenvalue weighted by Gasteiger charge is 2.12. The van der Waals surface area contributed by atoms with Gasteiger partial charge in [-0.2, -0.15) is 5.48 Å². The van der Waals surface area contributed by atoms with Crippen LogP contribution in [0.1, 0.15) is 5.69 Å². The van der Waals surface area contributed by atoms with Crippen molar-refractivity contribution in [2.24, 2.45) is 0 Å². The summed E-state index contributed by atoms with van der Waals surface area (Å²) in [6.07, 6.45) is 0. The van der Waals surface area contributed by atoms with Crippen LogP contribution in [-0.4, -0.2) is 10.4 Å². The van der Waals surface area contributed by atoms with E-state index in [0.29, 0.717) is 11.4 Å². The molecule has 0 aliphatic rings. The predicted molar refractivity (Wildman–Crippen MR) is 29.0 cm³/mol. The summed E-state index contributed by atoms with van der Waals surface area (Å²) in [5.74, 6) is 0.148. The van der Waals surface area contributed by atoms with Gasteiger partial charge < -0.3 is 10.3 Å². The first-order valence-corrected chi connectivity index (χ1v) is 2.45. The molecule has 0 saturated carbocycles. The van der Waals surface area contributed by atoms with Gasteiger partial charge in [-0.3, -0.25) is 0 Å². The number of rotatable bonds is 1. The molecule has 0 bridgehead atoms. The van der Waals surface area contributed by atoms with Gasteiger partial charge in [0, 0.05) is 0 Å². The summed E-state index contributed by atoms with van der Waals surface area (Å²) in [4.78, 5) is 0. The summed E-state index contributed by atoms with van der Waals surface area (Å²) in [5, 5.41) is 12.0. The van der Waals surface area contributed by atoms with Crippen LogP contribution in [0.2, 0.25) is 0 Å². The number of anilines is 1. The van der Waals surface area contributed by atoms with Crippen molar-refractivity contribution in [2.45, 2.75) is 6.92 Å². The normalized spacial score (nSPS) is 10.0. The number of nitrogens with two attached hydrogens (primary N) is 2. The Morgan fingerprint density at radius 1 is 1.78 bits per heavy atom. The van der Waals surface area contributed by atoms with Gasteiger partial charge in [0.25, 0.3) is 5.88 Å². The van der Waals surface area contributed by atoms with E-state index < -0.39 is 0 Å². The minimum absolute atomic E-state index is 0.148. The van der Waals surface area contributed by atoms with Crippen LogP contribution in [0.25, 0.3) is 0 Å². The second kappa shape index (κ2) is 2.04. The van der Waals surface area contributed by atoms with Gasteiger partial charge in [-0.15, -0.1) is 0 Å². The van der Waals surface area contributed by atoms with E-state index in [9.17, 15) is 0 Å². The number of quaternary nitrogens is 1. The van der Waals surface area contributed by atoms with E-state index in [0.717, 1.165) is 5.48 Å². The molecule has 5 heteroatoms. The Kier molecular flexibility index (Phi) is 1.37. The molecular weight excluding hydrogens is 122 g/mol. The Hall–Kier alpha value is -1.07. The molecule has 0 aliphatic carbocycles. The Morgan fingerprint density at radius 3 is 2.67 bits per heavy atom. The number of aryl methyl sites for hydroxylation is 1. The fourth-order valence-electron chi connectivity index (χ4n) is 0.551. The Bertz CT molecular complexity index is 188. The highest BCUT2D eigenvalue weighted by atomic mass is 16.5. The molecule has 0 aromatic carbocycles. The van der Waals surface area contributed by atoms with E-state index in [2.05, 4.69) is 9.68 Å². The molecular formula is C4H8N3O2+. The molecule has 0 aliphatic heterocycles. The topological polar surface area (TPSA) is 88.9 Å².